The minimum atomic E-state index is -0.628. The zero-order chi connectivity index (χ0) is 28.7. The molecule has 1 aliphatic heterocycles. The Hall–Kier alpha value is -4.34. The van der Waals surface area contributed by atoms with Crippen LogP contribution in [-0.4, -0.2) is 45.1 Å². The maximum absolute atomic E-state index is 10.4. The topological polar surface area (TPSA) is 103 Å². The maximum Gasteiger partial charge on any atom is 0.317 e. The monoisotopic (exact) mass is 564 g/mol. The average molecular weight is 565 g/mol. The number of benzene rings is 4. The second-order valence-corrected chi connectivity index (χ2v) is 10.2. The first-order valence-corrected chi connectivity index (χ1v) is 13.9. The molecule has 0 saturated carbocycles. The number of aromatic nitrogens is 2. The number of aromatic hydroxyl groups is 2. The Morgan fingerprint density at radius 2 is 1.19 bits per heavy atom. The van der Waals surface area contributed by atoms with Crippen LogP contribution >= 0.6 is 0 Å². The Morgan fingerprint density at radius 1 is 0.619 bits per heavy atom. The standard InChI is InChI=1S/C34H32N2O6/c37-33-27-18-10-17-26(29(27)35-34(38)36-33)30-32(41-21-25-15-8-3-9-16-25)31(40-20-24-13-6-2-7-14-24)28(42-30)22-39-19-23-11-4-1-5-12-23/h1-18,28,30-32H,19-22H2,(H2,35,36,37,38)/t28-,30+,31-,32+/m1/s1. The second kappa shape index (κ2) is 13.1. The Balaban J connectivity index is 1.33. The van der Waals surface area contributed by atoms with Gasteiger partial charge in [-0.1, -0.05) is 103 Å². The highest BCUT2D eigenvalue weighted by Crippen LogP contribution is 2.41. The minimum absolute atomic E-state index is 0.270. The van der Waals surface area contributed by atoms with Crippen LogP contribution in [0.5, 0.6) is 11.9 Å². The number of rotatable bonds is 11. The fraction of sp³-hybridized carbons (Fsp3) is 0.235. The van der Waals surface area contributed by atoms with Gasteiger partial charge in [-0.15, -0.1) is 0 Å². The molecular weight excluding hydrogens is 532 g/mol. The molecule has 0 spiro atoms. The molecule has 5 aromatic rings. The molecule has 42 heavy (non-hydrogen) atoms. The molecule has 1 saturated heterocycles. The normalized spacial score (nSPS) is 20.2. The zero-order valence-corrected chi connectivity index (χ0v) is 23.0. The van der Waals surface area contributed by atoms with E-state index in [2.05, 4.69) is 9.97 Å². The third kappa shape index (κ3) is 6.42. The Morgan fingerprint density at radius 3 is 1.81 bits per heavy atom. The number of nitrogens with zero attached hydrogens (tertiary/aromatic N) is 2. The van der Waals surface area contributed by atoms with Crippen LogP contribution < -0.4 is 0 Å². The molecular formula is C34H32N2O6. The first kappa shape index (κ1) is 27.8. The molecule has 8 nitrogen and oxygen atoms in total. The average Bonchev–Trinajstić information content (AvgIpc) is 3.37. The van der Waals surface area contributed by atoms with E-state index in [4.69, 9.17) is 18.9 Å². The Kier molecular flexibility index (Phi) is 8.67. The first-order valence-electron chi connectivity index (χ1n) is 13.9. The van der Waals surface area contributed by atoms with Crippen LogP contribution in [0.1, 0.15) is 28.4 Å². The SMILES string of the molecule is Oc1nc(O)c2cccc([C@@H]3O[C@H](COCc4ccccc4)[C@@H](OCc4ccccc4)[C@H]3OCc3ccccc3)c2n1. The molecule has 2 heterocycles. The number of hydrogen-bond acceptors (Lipinski definition) is 8. The molecule has 2 N–H and O–H groups in total. The van der Waals surface area contributed by atoms with Crippen LogP contribution in [0.3, 0.4) is 0 Å². The van der Waals surface area contributed by atoms with Crippen molar-refractivity contribution in [2.24, 2.45) is 0 Å². The van der Waals surface area contributed by atoms with Crippen molar-refractivity contribution in [3.8, 4) is 11.9 Å². The molecule has 1 fully saturated rings. The maximum atomic E-state index is 10.4. The summed E-state index contributed by atoms with van der Waals surface area (Å²) in [5.41, 5.74) is 4.13. The van der Waals surface area contributed by atoms with E-state index in [-0.39, 0.29) is 12.5 Å². The third-order valence-corrected chi connectivity index (χ3v) is 7.31. The van der Waals surface area contributed by atoms with Gasteiger partial charge in [0.25, 0.3) is 0 Å². The lowest BCUT2D eigenvalue weighted by atomic mass is 9.98. The van der Waals surface area contributed by atoms with Gasteiger partial charge in [-0.2, -0.15) is 9.97 Å². The smallest absolute Gasteiger partial charge is 0.317 e. The number of hydrogen-bond donors (Lipinski definition) is 2. The van der Waals surface area contributed by atoms with Gasteiger partial charge in [0.15, 0.2) is 0 Å². The molecule has 0 unspecified atom stereocenters. The lowest BCUT2D eigenvalue weighted by Crippen LogP contribution is -2.37. The van der Waals surface area contributed by atoms with E-state index in [9.17, 15) is 10.2 Å². The van der Waals surface area contributed by atoms with Crippen LogP contribution in [0, 0.1) is 0 Å². The van der Waals surface area contributed by atoms with Gasteiger partial charge in [-0.05, 0) is 22.8 Å². The Bertz CT molecular complexity index is 1590. The molecule has 1 aromatic heterocycles. The minimum Gasteiger partial charge on any atom is -0.493 e. The molecule has 4 atom stereocenters. The van der Waals surface area contributed by atoms with Gasteiger partial charge in [0, 0.05) is 5.56 Å². The number of ether oxygens (including phenoxy) is 4. The number of para-hydroxylation sites is 1. The molecule has 4 aromatic carbocycles. The van der Waals surface area contributed by atoms with Crippen molar-refractivity contribution in [2.45, 2.75) is 44.2 Å². The van der Waals surface area contributed by atoms with Gasteiger partial charge in [0.05, 0.1) is 37.3 Å². The van der Waals surface area contributed by atoms with Gasteiger partial charge >= 0.3 is 6.01 Å². The van der Waals surface area contributed by atoms with E-state index in [1.807, 2.05) is 97.1 Å². The van der Waals surface area contributed by atoms with Crippen LogP contribution in [0.2, 0.25) is 0 Å². The Labute approximate surface area is 244 Å². The molecule has 1 aliphatic rings. The van der Waals surface area contributed by atoms with Crippen molar-refractivity contribution in [3.63, 3.8) is 0 Å². The van der Waals surface area contributed by atoms with Crippen molar-refractivity contribution in [1.29, 1.82) is 0 Å². The van der Waals surface area contributed by atoms with E-state index in [0.29, 0.717) is 36.3 Å². The highest BCUT2D eigenvalue weighted by Gasteiger charge is 2.48. The van der Waals surface area contributed by atoms with Gasteiger partial charge in [-0.3, -0.25) is 0 Å². The second-order valence-electron chi connectivity index (χ2n) is 10.2. The van der Waals surface area contributed by atoms with Crippen molar-refractivity contribution in [2.75, 3.05) is 6.61 Å². The van der Waals surface area contributed by atoms with E-state index < -0.39 is 30.4 Å². The van der Waals surface area contributed by atoms with Crippen molar-refractivity contribution in [1.82, 2.24) is 9.97 Å². The fourth-order valence-electron chi connectivity index (χ4n) is 5.27. The lowest BCUT2D eigenvalue weighted by Gasteiger charge is -2.25. The van der Waals surface area contributed by atoms with Gasteiger partial charge in [0.2, 0.25) is 5.88 Å². The van der Waals surface area contributed by atoms with Crippen LogP contribution in [0.4, 0.5) is 0 Å². The first-order chi connectivity index (χ1) is 20.7. The highest BCUT2D eigenvalue weighted by molar-refractivity contribution is 5.86. The molecule has 8 heteroatoms. The van der Waals surface area contributed by atoms with Crippen molar-refractivity contribution in [3.05, 3.63) is 131 Å². The molecule has 0 amide bonds. The number of fused-ring (bicyclic) bond motifs is 1. The summed E-state index contributed by atoms with van der Waals surface area (Å²) in [6, 6.07) is 34.7. The van der Waals surface area contributed by atoms with E-state index >= 15 is 0 Å². The van der Waals surface area contributed by atoms with Gasteiger partial charge in [0.1, 0.15) is 24.4 Å². The summed E-state index contributed by atoms with van der Waals surface area (Å²) in [5.74, 6) is -0.307. The molecule has 214 valence electrons. The fourth-order valence-corrected chi connectivity index (χ4v) is 5.27. The molecule has 0 radical (unpaired) electrons. The van der Waals surface area contributed by atoms with Gasteiger partial charge in [-0.25, -0.2) is 0 Å². The molecule has 0 bridgehead atoms. The summed E-state index contributed by atoms with van der Waals surface area (Å²) in [6.07, 6.45) is -2.14. The quantitative estimate of drug-likeness (QED) is 0.205. The largest absolute Gasteiger partial charge is 0.493 e. The summed E-state index contributed by atoms with van der Waals surface area (Å²) < 4.78 is 26.0. The van der Waals surface area contributed by atoms with Crippen LogP contribution in [-0.2, 0) is 38.8 Å². The van der Waals surface area contributed by atoms with Crippen LogP contribution in [0.25, 0.3) is 10.9 Å². The lowest BCUT2D eigenvalue weighted by molar-refractivity contribution is -0.0898. The summed E-state index contributed by atoms with van der Waals surface area (Å²) >= 11 is 0. The third-order valence-electron chi connectivity index (χ3n) is 7.31. The van der Waals surface area contributed by atoms with Gasteiger partial charge < -0.3 is 29.2 Å². The van der Waals surface area contributed by atoms with E-state index in [1.54, 1.807) is 12.1 Å². The molecule has 6 rings (SSSR count). The summed E-state index contributed by atoms with van der Waals surface area (Å²) in [6.45, 7) is 1.40. The summed E-state index contributed by atoms with van der Waals surface area (Å²) in [4.78, 5) is 7.97. The molecule has 0 aliphatic carbocycles. The van der Waals surface area contributed by atoms with Crippen molar-refractivity contribution < 1.29 is 29.2 Å². The van der Waals surface area contributed by atoms with E-state index in [0.717, 1.165) is 16.7 Å². The summed E-state index contributed by atoms with van der Waals surface area (Å²) in [7, 11) is 0. The predicted molar refractivity (Wildman–Crippen MR) is 157 cm³/mol. The van der Waals surface area contributed by atoms with Crippen molar-refractivity contribution >= 4 is 10.9 Å². The zero-order valence-electron chi connectivity index (χ0n) is 23.0. The summed E-state index contributed by atoms with van der Waals surface area (Å²) in [5, 5.41) is 21.0. The van der Waals surface area contributed by atoms with Crippen LogP contribution in [0.15, 0.2) is 109 Å². The highest BCUT2D eigenvalue weighted by atomic mass is 16.6. The van der Waals surface area contributed by atoms with E-state index in [1.165, 1.54) is 0 Å². The predicted octanol–water partition coefficient (Wildman–Crippen LogP) is 5.87.